The van der Waals surface area contributed by atoms with Crippen LogP contribution in [-0.2, 0) is 11.3 Å². The van der Waals surface area contributed by atoms with E-state index >= 15 is 0 Å². The molecule has 0 N–H and O–H groups in total. The Labute approximate surface area is 141 Å². The molecular weight excluding hydrogens is 302 g/mol. The van der Waals surface area contributed by atoms with Gasteiger partial charge in [0, 0.05) is 31.4 Å². The Balaban J connectivity index is 1.50. The topological polar surface area (TPSA) is 39.0 Å². The second kappa shape index (κ2) is 6.63. The van der Waals surface area contributed by atoms with E-state index in [-0.39, 0.29) is 6.10 Å². The zero-order valence-corrected chi connectivity index (χ0v) is 13.8. The smallest absolute Gasteiger partial charge is 0.119 e. The van der Waals surface area contributed by atoms with Crippen molar-refractivity contribution in [3.63, 3.8) is 0 Å². The normalized spacial score (nSPS) is 18.8. The molecule has 0 unspecified atom stereocenters. The van der Waals surface area contributed by atoms with Gasteiger partial charge in [0.2, 0.25) is 0 Å². The first-order valence-electron chi connectivity index (χ1n) is 8.22. The van der Waals surface area contributed by atoms with E-state index in [2.05, 4.69) is 34.3 Å². The Kier molecular flexibility index (Phi) is 4.19. The highest BCUT2D eigenvalue weighted by molar-refractivity contribution is 5.53. The van der Waals surface area contributed by atoms with E-state index in [1.807, 2.05) is 35.1 Å². The average Bonchev–Trinajstić information content (AvgIpc) is 3.05. The maximum absolute atomic E-state index is 5.98. The summed E-state index contributed by atoms with van der Waals surface area (Å²) in [5, 5.41) is 4.43. The molecule has 0 radical (unpaired) electrons. The SMILES string of the molecule is COc1cccc([C@@H]2CN(Cc3cnn4ccccc34)CCO2)c1. The van der Waals surface area contributed by atoms with Crippen LogP contribution in [0.15, 0.2) is 54.9 Å². The van der Waals surface area contributed by atoms with E-state index in [0.717, 1.165) is 32.0 Å². The molecule has 0 bridgehead atoms. The lowest BCUT2D eigenvalue weighted by Crippen LogP contribution is -2.37. The highest BCUT2D eigenvalue weighted by Gasteiger charge is 2.23. The monoisotopic (exact) mass is 323 g/mol. The average molecular weight is 323 g/mol. The summed E-state index contributed by atoms with van der Waals surface area (Å²) in [5.74, 6) is 0.871. The maximum atomic E-state index is 5.98. The number of nitrogens with zero attached hydrogens (tertiary/aromatic N) is 3. The zero-order chi connectivity index (χ0) is 16.4. The van der Waals surface area contributed by atoms with Crippen LogP contribution in [0.5, 0.6) is 5.75 Å². The van der Waals surface area contributed by atoms with Crippen LogP contribution in [0, 0.1) is 0 Å². The van der Waals surface area contributed by atoms with Crippen LogP contribution in [0.1, 0.15) is 17.2 Å². The minimum absolute atomic E-state index is 0.0793. The maximum Gasteiger partial charge on any atom is 0.119 e. The summed E-state index contributed by atoms with van der Waals surface area (Å²) in [7, 11) is 1.69. The van der Waals surface area contributed by atoms with Crippen LogP contribution in [0.2, 0.25) is 0 Å². The Bertz CT molecular complexity index is 830. The number of benzene rings is 1. The minimum atomic E-state index is 0.0793. The van der Waals surface area contributed by atoms with Crippen molar-refractivity contribution < 1.29 is 9.47 Å². The molecule has 0 spiro atoms. The number of hydrogen-bond donors (Lipinski definition) is 0. The molecule has 0 saturated carbocycles. The minimum Gasteiger partial charge on any atom is -0.497 e. The third kappa shape index (κ3) is 3.00. The summed E-state index contributed by atoms with van der Waals surface area (Å²) in [6.45, 7) is 3.43. The van der Waals surface area contributed by atoms with Crippen molar-refractivity contribution in [1.29, 1.82) is 0 Å². The van der Waals surface area contributed by atoms with Gasteiger partial charge in [0.05, 0.1) is 31.5 Å². The van der Waals surface area contributed by atoms with E-state index in [1.54, 1.807) is 7.11 Å². The Morgan fingerprint density at radius 2 is 2.21 bits per heavy atom. The van der Waals surface area contributed by atoms with E-state index < -0.39 is 0 Å². The summed E-state index contributed by atoms with van der Waals surface area (Å²) in [6, 6.07) is 14.3. The van der Waals surface area contributed by atoms with Gasteiger partial charge in [0.1, 0.15) is 5.75 Å². The highest BCUT2D eigenvalue weighted by atomic mass is 16.5. The number of rotatable bonds is 4. The molecular formula is C19H21N3O2. The van der Waals surface area contributed by atoms with E-state index in [1.165, 1.54) is 16.6 Å². The van der Waals surface area contributed by atoms with Crippen molar-refractivity contribution in [3.8, 4) is 5.75 Å². The second-order valence-electron chi connectivity index (χ2n) is 6.07. The lowest BCUT2D eigenvalue weighted by molar-refractivity contribution is -0.0328. The largest absolute Gasteiger partial charge is 0.497 e. The number of fused-ring (bicyclic) bond motifs is 1. The quantitative estimate of drug-likeness (QED) is 0.740. The predicted molar refractivity (Wildman–Crippen MR) is 92.2 cm³/mol. The van der Waals surface area contributed by atoms with Gasteiger partial charge in [-0.2, -0.15) is 5.10 Å². The molecule has 0 amide bonds. The van der Waals surface area contributed by atoms with Gasteiger partial charge >= 0.3 is 0 Å². The number of ether oxygens (including phenoxy) is 2. The van der Waals surface area contributed by atoms with Crippen molar-refractivity contribution in [2.75, 3.05) is 26.8 Å². The van der Waals surface area contributed by atoms with Crippen molar-refractivity contribution in [2.45, 2.75) is 12.6 Å². The molecule has 1 saturated heterocycles. The third-order valence-corrected chi connectivity index (χ3v) is 4.52. The number of aromatic nitrogens is 2. The lowest BCUT2D eigenvalue weighted by atomic mass is 10.1. The molecule has 4 rings (SSSR count). The van der Waals surface area contributed by atoms with Crippen LogP contribution in [0.25, 0.3) is 5.52 Å². The second-order valence-corrected chi connectivity index (χ2v) is 6.07. The molecule has 2 aromatic heterocycles. The molecule has 0 aliphatic carbocycles. The van der Waals surface area contributed by atoms with Crippen molar-refractivity contribution in [3.05, 3.63) is 66.0 Å². The summed E-state index contributed by atoms with van der Waals surface area (Å²) >= 11 is 0. The first-order chi connectivity index (χ1) is 11.8. The third-order valence-electron chi connectivity index (χ3n) is 4.52. The number of pyridine rings is 1. The Morgan fingerprint density at radius 1 is 1.25 bits per heavy atom. The van der Waals surface area contributed by atoms with Gasteiger partial charge in [0.15, 0.2) is 0 Å². The number of methoxy groups -OCH3 is 1. The standard InChI is InChI=1S/C19H21N3O2/c1-23-17-6-4-5-15(11-17)19-14-21(9-10-24-19)13-16-12-20-22-8-3-2-7-18(16)22/h2-8,11-12,19H,9-10,13-14H2,1H3/t19-/m0/s1. The lowest BCUT2D eigenvalue weighted by Gasteiger charge is -2.33. The Morgan fingerprint density at radius 3 is 3.12 bits per heavy atom. The first kappa shape index (κ1) is 15.2. The van der Waals surface area contributed by atoms with Gasteiger partial charge < -0.3 is 9.47 Å². The van der Waals surface area contributed by atoms with Gasteiger partial charge in [-0.3, -0.25) is 4.90 Å². The van der Waals surface area contributed by atoms with Gasteiger partial charge in [-0.1, -0.05) is 18.2 Å². The van der Waals surface area contributed by atoms with Gasteiger partial charge in [-0.15, -0.1) is 0 Å². The summed E-state index contributed by atoms with van der Waals surface area (Å²) < 4.78 is 13.2. The number of hydrogen-bond acceptors (Lipinski definition) is 4. The van der Waals surface area contributed by atoms with E-state index in [0.29, 0.717) is 0 Å². The van der Waals surface area contributed by atoms with E-state index in [4.69, 9.17) is 9.47 Å². The van der Waals surface area contributed by atoms with Crippen LogP contribution in [0.3, 0.4) is 0 Å². The van der Waals surface area contributed by atoms with Crippen LogP contribution in [0.4, 0.5) is 0 Å². The van der Waals surface area contributed by atoms with Crippen LogP contribution in [-0.4, -0.2) is 41.3 Å². The van der Waals surface area contributed by atoms with Gasteiger partial charge in [-0.05, 0) is 29.8 Å². The zero-order valence-electron chi connectivity index (χ0n) is 13.8. The molecule has 1 aliphatic rings. The highest BCUT2D eigenvalue weighted by Crippen LogP contribution is 2.26. The summed E-state index contributed by atoms with van der Waals surface area (Å²) in [5.41, 5.74) is 3.59. The molecule has 3 aromatic rings. The number of morpholine rings is 1. The fourth-order valence-corrected chi connectivity index (χ4v) is 3.24. The molecule has 5 nitrogen and oxygen atoms in total. The van der Waals surface area contributed by atoms with Gasteiger partial charge in [-0.25, -0.2) is 4.52 Å². The summed E-state index contributed by atoms with van der Waals surface area (Å²) in [4.78, 5) is 2.43. The van der Waals surface area contributed by atoms with Crippen LogP contribution >= 0.6 is 0 Å². The van der Waals surface area contributed by atoms with Crippen molar-refractivity contribution in [2.24, 2.45) is 0 Å². The molecule has 1 atom stereocenters. The molecule has 5 heteroatoms. The molecule has 3 heterocycles. The molecule has 124 valence electrons. The molecule has 1 aromatic carbocycles. The fourth-order valence-electron chi connectivity index (χ4n) is 3.24. The summed E-state index contributed by atoms with van der Waals surface area (Å²) in [6.07, 6.45) is 4.03. The molecule has 1 fully saturated rings. The van der Waals surface area contributed by atoms with Crippen LogP contribution < -0.4 is 4.74 Å². The Hall–Kier alpha value is -2.37. The fraction of sp³-hybridized carbons (Fsp3) is 0.316. The van der Waals surface area contributed by atoms with Gasteiger partial charge in [0.25, 0.3) is 0 Å². The van der Waals surface area contributed by atoms with E-state index in [9.17, 15) is 0 Å². The van der Waals surface area contributed by atoms with Crippen molar-refractivity contribution in [1.82, 2.24) is 14.5 Å². The predicted octanol–water partition coefficient (Wildman–Crippen LogP) is 2.92. The first-order valence-corrected chi connectivity index (χ1v) is 8.22. The van der Waals surface area contributed by atoms with Crippen molar-refractivity contribution >= 4 is 5.52 Å². The molecule has 24 heavy (non-hydrogen) atoms. The molecule has 1 aliphatic heterocycles.